The molecule has 1 amide bonds. The number of non-ortho nitro benzene ring substituents is 1. The van der Waals surface area contributed by atoms with Gasteiger partial charge >= 0.3 is 0 Å². The Morgan fingerprint density at radius 1 is 1.24 bits per heavy atom. The summed E-state index contributed by atoms with van der Waals surface area (Å²) in [7, 11) is 0. The minimum Gasteiger partial charge on any atom is -0.354 e. The fourth-order valence-electron chi connectivity index (χ4n) is 2.73. The molecule has 0 saturated carbocycles. The van der Waals surface area contributed by atoms with Crippen molar-refractivity contribution in [2.24, 2.45) is 5.41 Å². The predicted molar refractivity (Wildman–Crippen MR) is 106 cm³/mol. The van der Waals surface area contributed by atoms with Crippen molar-refractivity contribution in [2.45, 2.75) is 33.9 Å². The lowest BCUT2D eigenvalue weighted by Crippen LogP contribution is -2.36. The third-order valence-corrected chi connectivity index (χ3v) is 4.41. The van der Waals surface area contributed by atoms with Crippen LogP contribution in [0.25, 0.3) is 11.0 Å². The Morgan fingerprint density at radius 2 is 1.93 bits per heavy atom. The topological polar surface area (TPSA) is 125 Å². The van der Waals surface area contributed by atoms with E-state index in [9.17, 15) is 19.7 Å². The van der Waals surface area contributed by atoms with E-state index in [1.165, 1.54) is 29.2 Å². The van der Waals surface area contributed by atoms with Gasteiger partial charge in [0.2, 0.25) is 5.91 Å². The van der Waals surface area contributed by atoms with Gasteiger partial charge in [0, 0.05) is 24.1 Å². The maximum absolute atomic E-state index is 12.7. The molecule has 29 heavy (non-hydrogen) atoms. The minimum atomic E-state index is -0.476. The molecular formula is C19H22N6O4. The highest BCUT2D eigenvalue weighted by Crippen LogP contribution is 2.14. The molecule has 0 radical (unpaired) electrons. The van der Waals surface area contributed by atoms with Crippen molar-refractivity contribution >= 4 is 22.6 Å². The predicted octanol–water partition coefficient (Wildman–Crippen LogP) is 1.71. The van der Waals surface area contributed by atoms with Gasteiger partial charge in [0.05, 0.1) is 24.2 Å². The zero-order chi connectivity index (χ0) is 21.2. The number of carbonyl (C=O) groups is 1. The second-order valence-corrected chi connectivity index (χ2v) is 7.71. The molecule has 10 heteroatoms. The summed E-state index contributed by atoms with van der Waals surface area (Å²) in [5.41, 5.74) is 0.458. The summed E-state index contributed by atoms with van der Waals surface area (Å²) >= 11 is 0. The summed E-state index contributed by atoms with van der Waals surface area (Å²) in [5, 5.41) is 18.2. The Hall–Kier alpha value is -3.56. The third kappa shape index (κ3) is 4.48. The van der Waals surface area contributed by atoms with Gasteiger partial charge in [-0.1, -0.05) is 32.9 Å². The molecule has 3 rings (SSSR count). The first kappa shape index (κ1) is 20.2. The number of nitro benzene ring substituents is 1. The van der Waals surface area contributed by atoms with Gasteiger partial charge in [0.25, 0.3) is 11.2 Å². The lowest BCUT2D eigenvalue weighted by atomic mass is 9.96. The van der Waals surface area contributed by atoms with Crippen LogP contribution < -0.4 is 10.9 Å². The molecule has 152 valence electrons. The molecule has 0 aliphatic carbocycles. The summed E-state index contributed by atoms with van der Waals surface area (Å²) in [4.78, 5) is 39.3. The molecule has 3 aromatic rings. The molecule has 0 unspecified atom stereocenters. The summed E-state index contributed by atoms with van der Waals surface area (Å²) in [6, 6.07) is 6.01. The number of fused-ring (bicyclic) bond motifs is 1. The molecule has 10 nitrogen and oxygen atoms in total. The summed E-state index contributed by atoms with van der Waals surface area (Å²) in [6.07, 6.45) is 2.89. The quantitative estimate of drug-likeness (QED) is 0.498. The van der Waals surface area contributed by atoms with E-state index in [0.717, 1.165) is 5.56 Å². The van der Waals surface area contributed by atoms with Crippen LogP contribution in [0.15, 0.2) is 41.6 Å². The Labute approximate surface area is 166 Å². The van der Waals surface area contributed by atoms with Gasteiger partial charge in [0.1, 0.15) is 11.7 Å². The van der Waals surface area contributed by atoms with Crippen LogP contribution in [0.1, 0.15) is 26.3 Å². The fourth-order valence-corrected chi connectivity index (χ4v) is 2.73. The van der Waals surface area contributed by atoms with Crippen LogP contribution >= 0.6 is 0 Å². The molecule has 0 aliphatic rings. The smallest absolute Gasteiger partial charge is 0.269 e. The molecule has 0 bridgehead atoms. The summed E-state index contributed by atoms with van der Waals surface area (Å²) in [6.45, 7) is 6.51. The Kier molecular flexibility index (Phi) is 5.44. The van der Waals surface area contributed by atoms with E-state index in [0.29, 0.717) is 24.1 Å². The number of nitrogens with one attached hydrogen (secondary N) is 1. The zero-order valence-corrected chi connectivity index (χ0v) is 16.5. The lowest BCUT2D eigenvalue weighted by Gasteiger charge is -2.17. The van der Waals surface area contributed by atoms with E-state index in [2.05, 4.69) is 15.4 Å². The minimum absolute atomic E-state index is 0.00509. The normalized spacial score (nSPS) is 11.6. The van der Waals surface area contributed by atoms with Gasteiger partial charge in [-0.2, -0.15) is 5.10 Å². The number of benzene rings is 1. The SMILES string of the molecule is CC(C)(C)C(=O)NCCn1ncc2c(=O)n(Cc3ccc([N+](=O)[O-])cc3)cnc21. The maximum Gasteiger partial charge on any atom is 0.269 e. The van der Waals surface area contributed by atoms with Gasteiger partial charge < -0.3 is 5.32 Å². The number of hydrogen-bond acceptors (Lipinski definition) is 6. The van der Waals surface area contributed by atoms with Crippen molar-refractivity contribution < 1.29 is 9.72 Å². The third-order valence-electron chi connectivity index (χ3n) is 4.41. The van der Waals surface area contributed by atoms with Crippen LogP contribution in [-0.4, -0.2) is 36.7 Å². The molecule has 1 aromatic carbocycles. The van der Waals surface area contributed by atoms with Crippen LogP contribution in [0.3, 0.4) is 0 Å². The van der Waals surface area contributed by atoms with Crippen LogP contribution in [0.5, 0.6) is 0 Å². The number of nitro groups is 1. The standard InChI is InChI=1S/C19H22N6O4/c1-19(2,3)18(27)20-8-9-24-16-15(10-22-24)17(26)23(12-21-16)11-13-4-6-14(7-5-13)25(28)29/h4-7,10,12H,8-9,11H2,1-3H3,(H,20,27). The van der Waals surface area contributed by atoms with Crippen molar-refractivity contribution in [2.75, 3.05) is 6.54 Å². The van der Waals surface area contributed by atoms with E-state index < -0.39 is 10.3 Å². The molecule has 0 aliphatic heterocycles. The van der Waals surface area contributed by atoms with E-state index in [1.54, 1.807) is 16.8 Å². The first-order valence-corrected chi connectivity index (χ1v) is 9.09. The van der Waals surface area contributed by atoms with E-state index in [1.807, 2.05) is 20.8 Å². The highest BCUT2D eigenvalue weighted by molar-refractivity contribution is 5.81. The van der Waals surface area contributed by atoms with Gasteiger partial charge in [-0.05, 0) is 5.56 Å². The average molecular weight is 398 g/mol. The van der Waals surface area contributed by atoms with Crippen molar-refractivity contribution in [1.82, 2.24) is 24.6 Å². The first-order valence-electron chi connectivity index (χ1n) is 9.09. The lowest BCUT2D eigenvalue weighted by molar-refractivity contribution is -0.384. The van der Waals surface area contributed by atoms with Gasteiger partial charge in [-0.25, -0.2) is 9.67 Å². The van der Waals surface area contributed by atoms with Crippen LogP contribution in [0, 0.1) is 15.5 Å². The van der Waals surface area contributed by atoms with Gasteiger partial charge in [0.15, 0.2) is 5.65 Å². The molecule has 1 N–H and O–H groups in total. The second-order valence-electron chi connectivity index (χ2n) is 7.71. The number of rotatable bonds is 6. The van der Waals surface area contributed by atoms with Crippen molar-refractivity contribution in [3.8, 4) is 0 Å². The Morgan fingerprint density at radius 3 is 2.55 bits per heavy atom. The maximum atomic E-state index is 12.7. The zero-order valence-electron chi connectivity index (χ0n) is 16.5. The number of amides is 1. The van der Waals surface area contributed by atoms with E-state index >= 15 is 0 Å². The fraction of sp³-hybridized carbons (Fsp3) is 0.368. The van der Waals surface area contributed by atoms with E-state index in [-0.39, 0.29) is 23.7 Å². The molecular weight excluding hydrogens is 376 g/mol. The molecule has 0 saturated heterocycles. The summed E-state index contributed by atoms with van der Waals surface area (Å²) < 4.78 is 3.01. The van der Waals surface area contributed by atoms with Crippen LogP contribution in [-0.2, 0) is 17.9 Å². The largest absolute Gasteiger partial charge is 0.354 e. The highest BCUT2D eigenvalue weighted by Gasteiger charge is 2.20. The first-order chi connectivity index (χ1) is 13.7. The molecule has 2 aromatic heterocycles. The van der Waals surface area contributed by atoms with Gasteiger partial charge in [-0.15, -0.1) is 0 Å². The van der Waals surface area contributed by atoms with E-state index in [4.69, 9.17) is 0 Å². The monoisotopic (exact) mass is 398 g/mol. The molecule has 2 heterocycles. The highest BCUT2D eigenvalue weighted by atomic mass is 16.6. The average Bonchev–Trinajstić information content (AvgIpc) is 3.07. The Balaban J connectivity index is 1.74. The van der Waals surface area contributed by atoms with Crippen LogP contribution in [0.4, 0.5) is 5.69 Å². The van der Waals surface area contributed by atoms with Crippen LogP contribution in [0.2, 0.25) is 0 Å². The number of aromatic nitrogens is 4. The van der Waals surface area contributed by atoms with Crippen molar-refractivity contribution in [1.29, 1.82) is 0 Å². The van der Waals surface area contributed by atoms with Crippen molar-refractivity contribution in [3.05, 3.63) is 62.8 Å². The molecule has 0 fully saturated rings. The molecule has 0 atom stereocenters. The molecule has 0 spiro atoms. The number of carbonyl (C=O) groups excluding carboxylic acids is 1. The Bertz CT molecular complexity index is 1110. The number of nitrogens with zero attached hydrogens (tertiary/aromatic N) is 5. The summed E-state index contributed by atoms with van der Waals surface area (Å²) in [5.74, 6) is -0.0626. The van der Waals surface area contributed by atoms with Crippen molar-refractivity contribution in [3.63, 3.8) is 0 Å². The second kappa shape index (κ2) is 7.82. The van der Waals surface area contributed by atoms with Gasteiger partial charge in [-0.3, -0.25) is 24.3 Å². The number of hydrogen-bond donors (Lipinski definition) is 1.